The predicted molar refractivity (Wildman–Crippen MR) is 107 cm³/mol. The molecule has 2 aromatic carbocycles. The summed E-state index contributed by atoms with van der Waals surface area (Å²) in [6, 6.07) is -1.94. The molecule has 0 unspecified atom stereocenters. The zero-order chi connectivity index (χ0) is 30.9. The van der Waals surface area contributed by atoms with Gasteiger partial charge in [-0.3, -0.25) is 0 Å². The van der Waals surface area contributed by atoms with Gasteiger partial charge in [-0.25, -0.2) is 21.6 Å². The molecule has 0 saturated heterocycles. The molecule has 1 aromatic heterocycles. The van der Waals surface area contributed by atoms with Crippen LogP contribution in [0.5, 0.6) is 0 Å². The van der Waals surface area contributed by atoms with E-state index in [1.807, 2.05) is 0 Å². The van der Waals surface area contributed by atoms with Crippen LogP contribution < -0.4 is 5.69 Å². The highest BCUT2D eigenvalue weighted by atomic mass is 32.2. The highest BCUT2D eigenvalue weighted by Gasteiger charge is 2.43. The number of hydrogen-bond donors (Lipinski definition) is 0. The third-order valence-corrected chi connectivity index (χ3v) is 8.40. The second-order valence-corrected chi connectivity index (χ2v) is 11.2. The highest BCUT2D eigenvalue weighted by molar-refractivity contribution is 7.90. The number of alkyl halides is 12. The van der Waals surface area contributed by atoms with E-state index in [1.165, 1.54) is 0 Å². The van der Waals surface area contributed by atoms with Crippen LogP contribution in [0.25, 0.3) is 0 Å². The van der Waals surface area contributed by atoms with Crippen molar-refractivity contribution < 1.29 is 69.5 Å². The van der Waals surface area contributed by atoms with Crippen molar-refractivity contribution in [3.8, 4) is 0 Å². The number of hydrogen-bond acceptors (Lipinski definition) is 5. The molecule has 0 fully saturated rings. The maximum Gasteiger partial charge on any atom is 0.417 e. The second kappa shape index (κ2) is 9.28. The third-order valence-electron chi connectivity index (χ3n) is 5.02. The molecule has 0 aliphatic carbocycles. The maximum atomic E-state index is 13.4. The summed E-state index contributed by atoms with van der Waals surface area (Å²) in [5.74, 6) is 0. The summed E-state index contributed by atoms with van der Waals surface area (Å²) in [5, 5.41) is 0. The van der Waals surface area contributed by atoms with Gasteiger partial charge in [0.2, 0.25) is 0 Å². The first-order valence-electron chi connectivity index (χ1n) is 9.68. The van der Waals surface area contributed by atoms with Crippen molar-refractivity contribution in [1.29, 1.82) is 0 Å². The maximum absolute atomic E-state index is 13.4. The molecular formula is C19H8F12N2O5S2. The normalized spacial score (nSPS) is 14.0. The fourth-order valence-corrected chi connectivity index (χ4v) is 6.18. The summed E-state index contributed by atoms with van der Waals surface area (Å²) in [4.78, 5) is 8.27. The van der Waals surface area contributed by atoms with Crippen molar-refractivity contribution >= 4 is 20.0 Å². The molecule has 21 heteroatoms. The smallest absolute Gasteiger partial charge is 0.245 e. The zero-order valence-electron chi connectivity index (χ0n) is 18.4. The molecule has 7 nitrogen and oxygen atoms in total. The van der Waals surface area contributed by atoms with Crippen molar-refractivity contribution in [3.63, 3.8) is 0 Å². The van der Waals surface area contributed by atoms with E-state index in [-0.39, 0.29) is 36.7 Å². The van der Waals surface area contributed by atoms with E-state index in [9.17, 15) is 74.3 Å². The lowest BCUT2D eigenvalue weighted by Crippen LogP contribution is -2.34. The van der Waals surface area contributed by atoms with Crippen molar-refractivity contribution in [2.45, 2.75) is 34.5 Å². The molecule has 0 atom stereocenters. The van der Waals surface area contributed by atoms with Gasteiger partial charge in [0.05, 0.1) is 22.3 Å². The van der Waals surface area contributed by atoms with E-state index >= 15 is 0 Å². The van der Waals surface area contributed by atoms with E-state index in [0.717, 1.165) is 0 Å². The standard InChI is InChI=1S/C19H8F12N2O5S2/c20-16(21,22)9-1-3-11(18(26,27)28)13(7-9)39(35,36)32-5-6-33(15(32)34)40(37,38)14-8-10(17(23,24)25)2-4-12(14)19(29,30)31/h1-8H. The fourth-order valence-electron chi connectivity index (χ4n) is 3.22. The van der Waals surface area contributed by atoms with Crippen LogP contribution in [0, 0.1) is 0 Å². The van der Waals surface area contributed by atoms with Crippen LogP contribution in [0.4, 0.5) is 52.7 Å². The van der Waals surface area contributed by atoms with Crippen LogP contribution in [-0.4, -0.2) is 24.8 Å². The Balaban J connectivity index is 2.33. The van der Waals surface area contributed by atoms with E-state index in [2.05, 4.69) is 0 Å². The number of halogens is 12. The molecule has 40 heavy (non-hydrogen) atoms. The van der Waals surface area contributed by atoms with Gasteiger partial charge in [-0.1, -0.05) is 0 Å². The van der Waals surface area contributed by atoms with Crippen molar-refractivity contribution in [2.75, 3.05) is 0 Å². The van der Waals surface area contributed by atoms with E-state index in [0.29, 0.717) is 0 Å². The molecule has 0 aliphatic heterocycles. The van der Waals surface area contributed by atoms with Crippen LogP contribution >= 0.6 is 0 Å². The molecule has 0 spiro atoms. The van der Waals surface area contributed by atoms with Crippen LogP contribution in [0.15, 0.2) is 63.4 Å². The number of imidazole rings is 1. The van der Waals surface area contributed by atoms with Gasteiger partial charge < -0.3 is 0 Å². The minimum absolute atomic E-state index is 0.128. The molecule has 220 valence electrons. The average molecular weight is 636 g/mol. The predicted octanol–water partition coefficient (Wildman–Crippen LogP) is 5.20. The Bertz CT molecular complexity index is 1620. The molecule has 1 heterocycles. The molecule has 0 amide bonds. The highest BCUT2D eigenvalue weighted by Crippen LogP contribution is 2.40. The summed E-state index contributed by atoms with van der Waals surface area (Å²) in [6.07, 6.45) is -22.4. The molecule has 0 aliphatic rings. The lowest BCUT2D eigenvalue weighted by molar-refractivity contribution is -0.143. The van der Waals surface area contributed by atoms with Crippen LogP contribution in [0.2, 0.25) is 0 Å². The van der Waals surface area contributed by atoms with Gasteiger partial charge in [0.25, 0.3) is 20.0 Å². The monoisotopic (exact) mass is 636 g/mol. The summed E-state index contributed by atoms with van der Waals surface area (Å²) < 4.78 is 208. The summed E-state index contributed by atoms with van der Waals surface area (Å²) in [6.45, 7) is 0. The third kappa shape index (κ3) is 5.56. The molecular weight excluding hydrogens is 628 g/mol. The summed E-state index contributed by atoms with van der Waals surface area (Å²) in [7, 11) is -12.1. The number of aromatic nitrogens is 2. The van der Waals surface area contributed by atoms with Crippen molar-refractivity contribution in [1.82, 2.24) is 7.94 Å². The lowest BCUT2D eigenvalue weighted by atomic mass is 10.1. The molecule has 0 saturated carbocycles. The van der Waals surface area contributed by atoms with Gasteiger partial charge in [0, 0.05) is 12.4 Å². The van der Waals surface area contributed by atoms with Crippen LogP contribution in [-0.2, 0) is 44.8 Å². The Labute approximate surface area is 214 Å². The van der Waals surface area contributed by atoms with Crippen molar-refractivity contribution in [3.05, 3.63) is 81.5 Å². The number of rotatable bonds is 4. The van der Waals surface area contributed by atoms with Crippen LogP contribution in [0.1, 0.15) is 22.3 Å². The minimum Gasteiger partial charge on any atom is -0.245 e. The molecule has 0 bridgehead atoms. The van der Waals surface area contributed by atoms with Gasteiger partial charge in [-0.15, -0.1) is 0 Å². The quantitative estimate of drug-likeness (QED) is 0.367. The Hall–Kier alpha value is -3.49. The molecule has 3 aromatic rings. The molecule has 3 rings (SSSR count). The Morgan fingerprint density at radius 1 is 0.500 bits per heavy atom. The van der Waals surface area contributed by atoms with Crippen molar-refractivity contribution in [2.24, 2.45) is 0 Å². The average Bonchev–Trinajstić information content (AvgIpc) is 3.18. The molecule has 0 N–H and O–H groups in total. The Kier molecular flexibility index (Phi) is 7.20. The Morgan fingerprint density at radius 2 is 0.800 bits per heavy atom. The fraction of sp³-hybridized carbons (Fsp3) is 0.211. The first kappa shape index (κ1) is 31.0. The van der Waals surface area contributed by atoms with Gasteiger partial charge in [0.15, 0.2) is 0 Å². The summed E-state index contributed by atoms with van der Waals surface area (Å²) in [5.41, 5.74) is -10.8. The van der Waals surface area contributed by atoms with E-state index in [1.54, 1.807) is 0 Å². The van der Waals surface area contributed by atoms with E-state index in [4.69, 9.17) is 0 Å². The van der Waals surface area contributed by atoms with Gasteiger partial charge in [-0.2, -0.15) is 60.6 Å². The van der Waals surface area contributed by atoms with Gasteiger partial charge in [0.1, 0.15) is 9.79 Å². The van der Waals surface area contributed by atoms with E-state index < -0.39 is 103 Å². The van der Waals surface area contributed by atoms with Gasteiger partial charge in [-0.05, 0) is 36.4 Å². The molecule has 0 radical (unpaired) electrons. The minimum atomic E-state index is -6.06. The van der Waals surface area contributed by atoms with Crippen LogP contribution in [0.3, 0.4) is 0 Å². The first-order chi connectivity index (χ1) is 17.8. The lowest BCUT2D eigenvalue weighted by Gasteiger charge is -2.16. The first-order valence-corrected chi connectivity index (χ1v) is 12.6. The second-order valence-electron chi connectivity index (χ2n) is 7.60. The topological polar surface area (TPSA) is 95.2 Å². The Morgan fingerprint density at radius 3 is 1.05 bits per heavy atom. The number of benzene rings is 2. The SMILES string of the molecule is O=c1n(S(=O)(=O)c2cc(C(F)(F)F)ccc2C(F)(F)F)ccn1S(=O)(=O)c1cc(C(F)(F)F)ccc1C(F)(F)F. The largest absolute Gasteiger partial charge is 0.417 e. The number of nitrogens with zero attached hydrogens (tertiary/aromatic N) is 2. The summed E-state index contributed by atoms with van der Waals surface area (Å²) >= 11 is 0. The zero-order valence-corrected chi connectivity index (χ0v) is 20.0. The van der Waals surface area contributed by atoms with Gasteiger partial charge >= 0.3 is 30.4 Å².